The monoisotopic (exact) mass is 166 g/mol. The van der Waals surface area contributed by atoms with E-state index in [1.807, 2.05) is 12.1 Å². The van der Waals surface area contributed by atoms with E-state index < -0.39 is 0 Å². The Morgan fingerprint density at radius 1 is 1.00 bits per heavy atom. The van der Waals surface area contributed by atoms with Gasteiger partial charge in [-0.15, -0.1) is 0 Å². The number of anilines is 1. The van der Waals surface area contributed by atoms with E-state index in [2.05, 4.69) is 31.7 Å². The van der Waals surface area contributed by atoms with Gasteiger partial charge in [0.05, 0.1) is 0 Å². The Balaban J connectivity index is 0.000000561. The molecule has 0 saturated heterocycles. The zero-order chi connectivity index (χ0) is 9.56. The van der Waals surface area contributed by atoms with Crippen LogP contribution in [0, 0.1) is 0 Å². The summed E-state index contributed by atoms with van der Waals surface area (Å²) in [5.41, 5.74) is 12.2. The average Bonchev–Trinajstić information content (AvgIpc) is 2.09. The smallest absolute Gasteiger partial charge is 0.0314 e. The summed E-state index contributed by atoms with van der Waals surface area (Å²) in [6.45, 7) is 4.34. The fourth-order valence-corrected chi connectivity index (χ4v) is 0.881. The van der Waals surface area contributed by atoms with Crippen LogP contribution in [-0.4, -0.2) is 7.05 Å². The molecule has 4 N–H and O–H groups in total. The van der Waals surface area contributed by atoms with Crippen molar-refractivity contribution in [2.75, 3.05) is 12.8 Å². The molecule has 1 aromatic rings. The van der Waals surface area contributed by atoms with Crippen LogP contribution >= 0.6 is 0 Å². The summed E-state index contributed by atoms with van der Waals surface area (Å²) in [7, 11) is 1.50. The fraction of sp³-hybridized carbons (Fsp3) is 0.400. The molecule has 0 bridgehead atoms. The summed E-state index contributed by atoms with van der Waals surface area (Å²) >= 11 is 0. The van der Waals surface area contributed by atoms with E-state index in [4.69, 9.17) is 5.73 Å². The fourth-order valence-electron chi connectivity index (χ4n) is 0.881. The van der Waals surface area contributed by atoms with Crippen molar-refractivity contribution in [1.82, 2.24) is 0 Å². The van der Waals surface area contributed by atoms with Crippen molar-refractivity contribution >= 4 is 5.69 Å². The van der Waals surface area contributed by atoms with Crippen molar-refractivity contribution in [1.29, 1.82) is 0 Å². The average molecular weight is 166 g/mol. The predicted octanol–water partition coefficient (Wildman–Crippen LogP) is 1.97. The molecule has 0 amide bonds. The Bertz CT molecular complexity index is 202. The van der Waals surface area contributed by atoms with Crippen LogP contribution in [0.25, 0.3) is 0 Å². The standard InChI is InChI=1S/C9H13N.CH5N/c1-7(2)8-3-5-9(10)6-4-8;1-2/h3-7H,10H2,1-2H3;2H2,1H3. The lowest BCUT2D eigenvalue weighted by Gasteiger charge is -2.03. The lowest BCUT2D eigenvalue weighted by molar-refractivity contribution is 0.867. The van der Waals surface area contributed by atoms with Gasteiger partial charge in [0, 0.05) is 5.69 Å². The Hall–Kier alpha value is -1.02. The van der Waals surface area contributed by atoms with Crippen LogP contribution < -0.4 is 11.5 Å². The molecule has 0 saturated carbocycles. The first kappa shape index (κ1) is 11.0. The van der Waals surface area contributed by atoms with Gasteiger partial charge in [-0.1, -0.05) is 26.0 Å². The van der Waals surface area contributed by atoms with Crippen molar-refractivity contribution < 1.29 is 0 Å². The topological polar surface area (TPSA) is 52.0 Å². The van der Waals surface area contributed by atoms with Crippen molar-refractivity contribution in [2.45, 2.75) is 19.8 Å². The summed E-state index contributed by atoms with van der Waals surface area (Å²) in [6.07, 6.45) is 0. The van der Waals surface area contributed by atoms with Crippen molar-refractivity contribution in [2.24, 2.45) is 5.73 Å². The summed E-state index contributed by atoms with van der Waals surface area (Å²) in [5, 5.41) is 0. The molecular formula is C10H18N2. The van der Waals surface area contributed by atoms with Crippen LogP contribution in [0.2, 0.25) is 0 Å². The normalized spacial score (nSPS) is 9.08. The highest BCUT2D eigenvalue weighted by molar-refractivity contribution is 5.39. The third kappa shape index (κ3) is 3.39. The minimum Gasteiger partial charge on any atom is -0.399 e. The van der Waals surface area contributed by atoms with E-state index in [-0.39, 0.29) is 0 Å². The Labute approximate surface area is 74.6 Å². The van der Waals surface area contributed by atoms with Gasteiger partial charge in [0.25, 0.3) is 0 Å². The second-order valence-corrected chi connectivity index (χ2v) is 2.82. The summed E-state index contributed by atoms with van der Waals surface area (Å²) in [6, 6.07) is 8.02. The Morgan fingerprint density at radius 3 is 1.75 bits per heavy atom. The van der Waals surface area contributed by atoms with Gasteiger partial charge in [-0.25, -0.2) is 0 Å². The van der Waals surface area contributed by atoms with Gasteiger partial charge in [0.1, 0.15) is 0 Å². The second kappa shape index (κ2) is 5.61. The van der Waals surface area contributed by atoms with E-state index in [0.29, 0.717) is 5.92 Å². The molecule has 0 aliphatic rings. The van der Waals surface area contributed by atoms with Crippen molar-refractivity contribution in [3.8, 4) is 0 Å². The zero-order valence-corrected chi connectivity index (χ0v) is 8.04. The maximum Gasteiger partial charge on any atom is 0.0314 e. The number of hydrogen-bond donors (Lipinski definition) is 2. The molecule has 0 atom stereocenters. The maximum atomic E-state index is 5.53. The molecule has 2 nitrogen and oxygen atoms in total. The molecule has 2 heteroatoms. The zero-order valence-electron chi connectivity index (χ0n) is 8.04. The highest BCUT2D eigenvalue weighted by Crippen LogP contribution is 2.14. The number of rotatable bonds is 1. The molecule has 0 radical (unpaired) electrons. The number of hydrogen-bond acceptors (Lipinski definition) is 2. The van der Waals surface area contributed by atoms with E-state index in [1.165, 1.54) is 12.6 Å². The summed E-state index contributed by atoms with van der Waals surface area (Å²) in [4.78, 5) is 0. The lowest BCUT2D eigenvalue weighted by atomic mass is 10.0. The first-order chi connectivity index (χ1) is 5.70. The number of benzene rings is 1. The van der Waals surface area contributed by atoms with Crippen LogP contribution in [0.3, 0.4) is 0 Å². The van der Waals surface area contributed by atoms with Gasteiger partial charge < -0.3 is 11.5 Å². The van der Waals surface area contributed by atoms with Gasteiger partial charge in [-0.2, -0.15) is 0 Å². The van der Waals surface area contributed by atoms with Crippen LogP contribution in [0.5, 0.6) is 0 Å². The molecule has 68 valence electrons. The molecule has 0 fully saturated rings. The minimum absolute atomic E-state index is 0.598. The summed E-state index contributed by atoms with van der Waals surface area (Å²) in [5.74, 6) is 0.598. The largest absolute Gasteiger partial charge is 0.399 e. The highest BCUT2D eigenvalue weighted by atomic mass is 14.5. The third-order valence-electron chi connectivity index (χ3n) is 1.60. The van der Waals surface area contributed by atoms with E-state index >= 15 is 0 Å². The first-order valence-electron chi connectivity index (χ1n) is 4.13. The molecule has 0 aliphatic carbocycles. The van der Waals surface area contributed by atoms with Gasteiger partial charge in [0.15, 0.2) is 0 Å². The second-order valence-electron chi connectivity index (χ2n) is 2.82. The lowest BCUT2D eigenvalue weighted by Crippen LogP contribution is -1.88. The Kier molecular flexibility index (Phi) is 5.13. The predicted molar refractivity (Wildman–Crippen MR) is 55.1 cm³/mol. The van der Waals surface area contributed by atoms with Crippen LogP contribution in [0.4, 0.5) is 5.69 Å². The molecule has 0 spiro atoms. The van der Waals surface area contributed by atoms with Gasteiger partial charge in [-0.3, -0.25) is 0 Å². The van der Waals surface area contributed by atoms with Gasteiger partial charge >= 0.3 is 0 Å². The first-order valence-corrected chi connectivity index (χ1v) is 4.13. The van der Waals surface area contributed by atoms with E-state index in [0.717, 1.165) is 5.69 Å². The number of nitrogen functional groups attached to an aromatic ring is 1. The molecule has 1 aromatic carbocycles. The molecular weight excluding hydrogens is 148 g/mol. The van der Waals surface area contributed by atoms with Crippen molar-refractivity contribution in [3.05, 3.63) is 29.8 Å². The van der Waals surface area contributed by atoms with Crippen molar-refractivity contribution in [3.63, 3.8) is 0 Å². The quantitative estimate of drug-likeness (QED) is 0.627. The molecule has 1 rings (SSSR count). The molecule has 0 unspecified atom stereocenters. The third-order valence-corrected chi connectivity index (χ3v) is 1.60. The molecule has 0 aliphatic heterocycles. The van der Waals surface area contributed by atoms with Crippen LogP contribution in [-0.2, 0) is 0 Å². The molecule has 0 aromatic heterocycles. The Morgan fingerprint density at radius 2 is 1.42 bits per heavy atom. The number of nitrogens with two attached hydrogens (primary N) is 2. The van der Waals surface area contributed by atoms with Crippen LogP contribution in [0.1, 0.15) is 25.3 Å². The van der Waals surface area contributed by atoms with E-state index in [1.54, 1.807) is 0 Å². The SMILES string of the molecule is CC(C)c1ccc(N)cc1.CN. The molecule has 12 heavy (non-hydrogen) atoms. The van der Waals surface area contributed by atoms with Gasteiger partial charge in [-0.05, 0) is 30.7 Å². The highest BCUT2D eigenvalue weighted by Gasteiger charge is 1.95. The minimum atomic E-state index is 0.598. The maximum absolute atomic E-state index is 5.53. The van der Waals surface area contributed by atoms with E-state index in [9.17, 15) is 0 Å². The van der Waals surface area contributed by atoms with Gasteiger partial charge in [0.2, 0.25) is 0 Å². The molecule has 0 heterocycles. The summed E-state index contributed by atoms with van der Waals surface area (Å²) < 4.78 is 0. The van der Waals surface area contributed by atoms with Crippen LogP contribution in [0.15, 0.2) is 24.3 Å².